The molecule has 0 radical (unpaired) electrons. The second-order valence-corrected chi connectivity index (χ2v) is 5.50. The van der Waals surface area contributed by atoms with Crippen LogP contribution in [-0.2, 0) is 4.74 Å². The summed E-state index contributed by atoms with van der Waals surface area (Å²) in [7, 11) is 3.32. The Morgan fingerprint density at radius 1 is 1.25 bits per heavy atom. The number of nitrogens with one attached hydrogen (secondary N) is 3. The zero-order valence-corrected chi connectivity index (χ0v) is 14.3. The number of methoxy groups -OCH3 is 1. The highest BCUT2D eigenvalue weighted by Crippen LogP contribution is 2.11. The Balaban J connectivity index is 1.64. The van der Waals surface area contributed by atoms with Gasteiger partial charge in [-0.2, -0.15) is 0 Å². The summed E-state index contributed by atoms with van der Waals surface area (Å²) in [4.78, 5) is 16.2. The first kappa shape index (κ1) is 18.1. The zero-order chi connectivity index (χ0) is 17.2. The highest BCUT2D eigenvalue weighted by atomic mass is 16.5. The number of guanidine groups is 1. The average Bonchev–Trinajstić information content (AvgIpc) is 3.14. The van der Waals surface area contributed by atoms with Crippen LogP contribution in [0.5, 0.6) is 5.75 Å². The highest BCUT2D eigenvalue weighted by molar-refractivity contribution is 5.94. The standard InChI is InChI=1S/C17H26N4O3/c1-18-17(21-12-15-4-3-11-24-15)20-10-9-19-16(22)13-5-7-14(23-2)8-6-13/h5-8,15H,3-4,9-12H2,1-2H3,(H,19,22)(H2,18,20,21). The number of hydrogen-bond acceptors (Lipinski definition) is 4. The summed E-state index contributed by atoms with van der Waals surface area (Å²) in [5.74, 6) is 1.33. The molecular formula is C17H26N4O3. The Hall–Kier alpha value is -2.28. The lowest BCUT2D eigenvalue weighted by atomic mass is 10.2. The van der Waals surface area contributed by atoms with Crippen molar-refractivity contribution in [2.75, 3.05) is 40.4 Å². The van der Waals surface area contributed by atoms with Gasteiger partial charge in [0, 0.05) is 38.9 Å². The molecule has 2 rings (SSSR count). The fourth-order valence-electron chi connectivity index (χ4n) is 2.44. The van der Waals surface area contributed by atoms with Crippen LogP contribution in [0.1, 0.15) is 23.2 Å². The highest BCUT2D eigenvalue weighted by Gasteiger charge is 2.15. The van der Waals surface area contributed by atoms with Crippen molar-refractivity contribution in [1.82, 2.24) is 16.0 Å². The van der Waals surface area contributed by atoms with E-state index < -0.39 is 0 Å². The van der Waals surface area contributed by atoms with E-state index >= 15 is 0 Å². The maximum absolute atomic E-state index is 12.0. The molecule has 1 unspecified atom stereocenters. The van der Waals surface area contributed by atoms with Crippen LogP contribution in [0.2, 0.25) is 0 Å². The van der Waals surface area contributed by atoms with Gasteiger partial charge in [-0.05, 0) is 37.1 Å². The lowest BCUT2D eigenvalue weighted by molar-refractivity contribution is 0.0954. The van der Waals surface area contributed by atoms with Gasteiger partial charge < -0.3 is 25.4 Å². The van der Waals surface area contributed by atoms with Gasteiger partial charge >= 0.3 is 0 Å². The van der Waals surface area contributed by atoms with Gasteiger partial charge in [0.1, 0.15) is 5.75 Å². The molecule has 0 bridgehead atoms. The summed E-state index contributed by atoms with van der Waals surface area (Å²) in [5.41, 5.74) is 0.608. The number of rotatable bonds is 7. The normalized spacial score (nSPS) is 17.4. The molecule has 7 heteroatoms. The van der Waals surface area contributed by atoms with E-state index in [0.717, 1.165) is 31.7 Å². The molecule has 7 nitrogen and oxygen atoms in total. The maximum atomic E-state index is 12.0. The van der Waals surface area contributed by atoms with Gasteiger partial charge in [-0.25, -0.2) is 0 Å². The fourth-order valence-corrected chi connectivity index (χ4v) is 2.44. The molecule has 1 aromatic rings. The van der Waals surface area contributed by atoms with Gasteiger partial charge in [0.2, 0.25) is 0 Å². The van der Waals surface area contributed by atoms with Gasteiger partial charge in [0.15, 0.2) is 5.96 Å². The third-order valence-corrected chi connectivity index (χ3v) is 3.80. The first-order valence-corrected chi connectivity index (χ1v) is 8.21. The number of benzene rings is 1. The third kappa shape index (κ3) is 5.73. The molecule has 0 spiro atoms. The number of carbonyl (C=O) groups is 1. The molecule has 1 amide bonds. The van der Waals surface area contributed by atoms with Crippen molar-refractivity contribution in [3.8, 4) is 5.75 Å². The van der Waals surface area contributed by atoms with Gasteiger partial charge in [-0.3, -0.25) is 9.79 Å². The molecular weight excluding hydrogens is 308 g/mol. The predicted molar refractivity (Wildman–Crippen MR) is 93.7 cm³/mol. The molecule has 1 aliphatic rings. The molecule has 0 saturated carbocycles. The van der Waals surface area contributed by atoms with Crippen LogP contribution in [0, 0.1) is 0 Å². The molecule has 132 valence electrons. The Kier molecular flexibility index (Phi) is 7.35. The summed E-state index contributed by atoms with van der Waals surface area (Å²) in [5, 5.41) is 9.26. The van der Waals surface area contributed by atoms with E-state index in [0.29, 0.717) is 24.6 Å². The van der Waals surface area contributed by atoms with Crippen molar-refractivity contribution in [3.63, 3.8) is 0 Å². The van der Waals surface area contributed by atoms with Gasteiger partial charge in [0.25, 0.3) is 5.91 Å². The minimum Gasteiger partial charge on any atom is -0.497 e. The van der Waals surface area contributed by atoms with Crippen molar-refractivity contribution in [2.24, 2.45) is 4.99 Å². The van der Waals surface area contributed by atoms with Crippen molar-refractivity contribution in [3.05, 3.63) is 29.8 Å². The molecule has 1 saturated heterocycles. The molecule has 1 aromatic carbocycles. The van der Waals surface area contributed by atoms with E-state index in [2.05, 4.69) is 20.9 Å². The van der Waals surface area contributed by atoms with Crippen LogP contribution >= 0.6 is 0 Å². The van der Waals surface area contributed by atoms with E-state index in [1.54, 1.807) is 38.4 Å². The summed E-state index contributed by atoms with van der Waals surface area (Å²) >= 11 is 0. The molecule has 0 aromatic heterocycles. The minimum atomic E-state index is -0.109. The van der Waals surface area contributed by atoms with Crippen LogP contribution in [0.15, 0.2) is 29.3 Å². The van der Waals surface area contributed by atoms with E-state index in [1.807, 2.05) is 0 Å². The number of ether oxygens (including phenoxy) is 2. The minimum absolute atomic E-state index is 0.109. The molecule has 0 aliphatic carbocycles. The van der Waals surface area contributed by atoms with Gasteiger partial charge in [-0.15, -0.1) is 0 Å². The van der Waals surface area contributed by atoms with Gasteiger partial charge in [0.05, 0.1) is 13.2 Å². The van der Waals surface area contributed by atoms with E-state index in [4.69, 9.17) is 9.47 Å². The van der Waals surface area contributed by atoms with Crippen LogP contribution in [0.25, 0.3) is 0 Å². The first-order chi connectivity index (χ1) is 11.7. The summed E-state index contributed by atoms with van der Waals surface area (Å²) < 4.78 is 10.6. The number of amides is 1. The zero-order valence-electron chi connectivity index (χ0n) is 14.3. The number of aliphatic imine (C=N–C) groups is 1. The van der Waals surface area contributed by atoms with Crippen molar-refractivity contribution in [2.45, 2.75) is 18.9 Å². The van der Waals surface area contributed by atoms with E-state index in [-0.39, 0.29) is 12.0 Å². The Morgan fingerprint density at radius 2 is 2.00 bits per heavy atom. The quantitative estimate of drug-likeness (QED) is 0.390. The molecule has 24 heavy (non-hydrogen) atoms. The molecule has 3 N–H and O–H groups in total. The molecule has 1 atom stereocenters. The summed E-state index contributed by atoms with van der Waals surface area (Å²) in [6.45, 7) is 2.69. The van der Waals surface area contributed by atoms with E-state index in [1.165, 1.54) is 0 Å². The smallest absolute Gasteiger partial charge is 0.251 e. The lowest BCUT2D eigenvalue weighted by Crippen LogP contribution is -2.43. The van der Waals surface area contributed by atoms with Crippen molar-refractivity contribution >= 4 is 11.9 Å². The average molecular weight is 334 g/mol. The van der Waals surface area contributed by atoms with Crippen molar-refractivity contribution in [1.29, 1.82) is 0 Å². The van der Waals surface area contributed by atoms with Crippen LogP contribution in [0.3, 0.4) is 0 Å². The van der Waals surface area contributed by atoms with Crippen molar-refractivity contribution < 1.29 is 14.3 Å². The number of nitrogens with zero attached hydrogens (tertiary/aromatic N) is 1. The van der Waals surface area contributed by atoms with Crippen LogP contribution in [0.4, 0.5) is 0 Å². The number of hydrogen-bond donors (Lipinski definition) is 3. The second-order valence-electron chi connectivity index (χ2n) is 5.50. The number of carbonyl (C=O) groups excluding carboxylic acids is 1. The Labute approximate surface area is 142 Å². The fraction of sp³-hybridized carbons (Fsp3) is 0.529. The second kappa shape index (κ2) is 9.77. The topological polar surface area (TPSA) is 84.0 Å². The Bertz CT molecular complexity index is 539. The maximum Gasteiger partial charge on any atom is 0.251 e. The Morgan fingerprint density at radius 3 is 2.62 bits per heavy atom. The molecule has 1 heterocycles. The van der Waals surface area contributed by atoms with Crippen LogP contribution in [-0.4, -0.2) is 58.4 Å². The molecule has 1 aliphatic heterocycles. The van der Waals surface area contributed by atoms with E-state index in [9.17, 15) is 4.79 Å². The van der Waals surface area contributed by atoms with Gasteiger partial charge in [-0.1, -0.05) is 0 Å². The largest absolute Gasteiger partial charge is 0.497 e. The third-order valence-electron chi connectivity index (χ3n) is 3.80. The summed E-state index contributed by atoms with van der Waals surface area (Å²) in [6.07, 6.45) is 2.47. The summed E-state index contributed by atoms with van der Waals surface area (Å²) in [6, 6.07) is 7.02. The van der Waals surface area contributed by atoms with Crippen LogP contribution < -0.4 is 20.7 Å². The monoisotopic (exact) mass is 334 g/mol. The molecule has 1 fully saturated rings. The predicted octanol–water partition coefficient (Wildman–Crippen LogP) is 0.769. The first-order valence-electron chi connectivity index (χ1n) is 8.21. The SMILES string of the molecule is CN=C(NCCNC(=O)c1ccc(OC)cc1)NCC1CCCO1. The lowest BCUT2D eigenvalue weighted by Gasteiger charge is -2.15.